The Balaban J connectivity index is 4.24. The third-order valence-corrected chi connectivity index (χ3v) is 12.0. The third kappa shape index (κ3) is 47.2. The molecule has 6 nitrogen and oxygen atoms in total. The van der Waals surface area contributed by atoms with E-state index in [2.05, 4.69) is 32.9 Å². The Bertz CT molecular complexity index is 931. The normalized spacial score (nSPS) is 12.0. The summed E-state index contributed by atoms with van der Waals surface area (Å²) in [4.78, 5) is 37.9. The van der Waals surface area contributed by atoms with E-state index in [-0.39, 0.29) is 31.1 Å². The molecule has 0 rings (SSSR count). The number of unbranched alkanes of at least 4 members (excludes halogenated alkanes) is 36. The van der Waals surface area contributed by atoms with Crippen molar-refractivity contribution in [3.63, 3.8) is 0 Å². The molecule has 0 aliphatic carbocycles. The van der Waals surface area contributed by atoms with E-state index in [4.69, 9.17) is 14.2 Å². The lowest BCUT2D eigenvalue weighted by atomic mass is 10.0. The van der Waals surface area contributed by atoms with E-state index < -0.39 is 6.10 Å². The van der Waals surface area contributed by atoms with Gasteiger partial charge in [-0.15, -0.1) is 0 Å². The summed E-state index contributed by atoms with van der Waals surface area (Å²) in [7, 11) is 0. The van der Waals surface area contributed by atoms with Gasteiger partial charge in [-0.25, -0.2) is 0 Å². The van der Waals surface area contributed by atoms with Gasteiger partial charge in [-0.05, 0) is 44.9 Å². The van der Waals surface area contributed by atoms with E-state index in [9.17, 15) is 14.4 Å². The SMILES string of the molecule is CCCCCCC/C=C\CCCCCCCC(=O)OC(COC(=O)CCCCCCCCCCC)COC(=O)CCCCCCCCCCCCCCCCCCCCC. The van der Waals surface area contributed by atoms with Crippen LogP contribution in [0.4, 0.5) is 0 Å². The number of esters is 3. The molecule has 1 atom stereocenters. The molecule has 354 valence electrons. The highest BCUT2D eigenvalue weighted by Crippen LogP contribution is 2.16. The molecule has 0 radical (unpaired) electrons. The summed E-state index contributed by atoms with van der Waals surface area (Å²) in [6.07, 6.45) is 54.9. The Kier molecular flexibility index (Phi) is 48.3. The largest absolute Gasteiger partial charge is 0.462 e. The van der Waals surface area contributed by atoms with Crippen molar-refractivity contribution in [3.05, 3.63) is 12.2 Å². The van der Waals surface area contributed by atoms with Crippen LogP contribution >= 0.6 is 0 Å². The minimum Gasteiger partial charge on any atom is -0.462 e. The highest BCUT2D eigenvalue weighted by Gasteiger charge is 2.19. The highest BCUT2D eigenvalue weighted by molar-refractivity contribution is 5.71. The first-order valence-corrected chi connectivity index (χ1v) is 26.7. The lowest BCUT2D eigenvalue weighted by Gasteiger charge is -2.18. The van der Waals surface area contributed by atoms with Gasteiger partial charge in [-0.1, -0.05) is 245 Å². The molecule has 1 unspecified atom stereocenters. The maximum atomic E-state index is 12.8. The van der Waals surface area contributed by atoms with Crippen molar-refractivity contribution in [3.8, 4) is 0 Å². The Morgan fingerprint density at radius 2 is 0.550 bits per heavy atom. The van der Waals surface area contributed by atoms with Crippen molar-refractivity contribution in [2.24, 2.45) is 0 Å². The van der Waals surface area contributed by atoms with Gasteiger partial charge >= 0.3 is 17.9 Å². The van der Waals surface area contributed by atoms with Gasteiger partial charge in [0.05, 0.1) is 0 Å². The predicted molar refractivity (Wildman–Crippen MR) is 256 cm³/mol. The smallest absolute Gasteiger partial charge is 0.306 e. The maximum Gasteiger partial charge on any atom is 0.306 e. The van der Waals surface area contributed by atoms with Crippen LogP contribution in [0.5, 0.6) is 0 Å². The molecule has 0 aliphatic heterocycles. The number of hydrogen-bond donors (Lipinski definition) is 0. The summed E-state index contributed by atoms with van der Waals surface area (Å²) >= 11 is 0. The first-order valence-electron chi connectivity index (χ1n) is 26.7. The number of rotatable bonds is 49. The molecule has 0 bridgehead atoms. The van der Waals surface area contributed by atoms with Gasteiger partial charge in [0.15, 0.2) is 6.10 Å². The quantitative estimate of drug-likeness (QED) is 0.0263. The number of allylic oxidation sites excluding steroid dienone is 2. The molecular formula is C54H102O6. The minimum absolute atomic E-state index is 0.0682. The molecule has 0 spiro atoms. The van der Waals surface area contributed by atoms with Crippen molar-refractivity contribution in [1.29, 1.82) is 0 Å². The van der Waals surface area contributed by atoms with E-state index in [0.717, 1.165) is 64.2 Å². The molecule has 0 saturated heterocycles. The van der Waals surface area contributed by atoms with Crippen LogP contribution in [0.2, 0.25) is 0 Å². The Labute approximate surface area is 373 Å². The lowest BCUT2D eigenvalue weighted by molar-refractivity contribution is -0.167. The second kappa shape index (κ2) is 49.8. The van der Waals surface area contributed by atoms with Crippen LogP contribution in [-0.4, -0.2) is 37.2 Å². The van der Waals surface area contributed by atoms with Crippen LogP contribution in [-0.2, 0) is 28.6 Å². The van der Waals surface area contributed by atoms with E-state index in [0.29, 0.717) is 19.3 Å². The van der Waals surface area contributed by atoms with Gasteiger partial charge < -0.3 is 14.2 Å². The molecule has 60 heavy (non-hydrogen) atoms. The van der Waals surface area contributed by atoms with Crippen LogP contribution < -0.4 is 0 Å². The van der Waals surface area contributed by atoms with Gasteiger partial charge in [0.2, 0.25) is 0 Å². The molecule has 6 heteroatoms. The maximum absolute atomic E-state index is 12.8. The molecule has 0 aliphatic rings. The monoisotopic (exact) mass is 847 g/mol. The van der Waals surface area contributed by atoms with Gasteiger partial charge in [0, 0.05) is 19.3 Å². The molecule has 0 heterocycles. The topological polar surface area (TPSA) is 78.9 Å². The van der Waals surface area contributed by atoms with E-state index >= 15 is 0 Å². The van der Waals surface area contributed by atoms with E-state index in [1.165, 1.54) is 193 Å². The zero-order valence-electron chi connectivity index (χ0n) is 40.5. The first kappa shape index (κ1) is 58.1. The summed E-state index contributed by atoms with van der Waals surface area (Å²) in [6, 6.07) is 0. The average Bonchev–Trinajstić information content (AvgIpc) is 3.24. The second-order valence-corrected chi connectivity index (χ2v) is 18.2. The summed E-state index contributed by atoms with van der Waals surface area (Å²) in [5.41, 5.74) is 0. The van der Waals surface area contributed by atoms with Crippen LogP contribution in [0.25, 0.3) is 0 Å². The van der Waals surface area contributed by atoms with Gasteiger partial charge in [-0.2, -0.15) is 0 Å². The van der Waals surface area contributed by atoms with Gasteiger partial charge in [-0.3, -0.25) is 14.4 Å². The van der Waals surface area contributed by atoms with Gasteiger partial charge in [0.1, 0.15) is 13.2 Å². The molecule has 0 aromatic heterocycles. The summed E-state index contributed by atoms with van der Waals surface area (Å²) in [5.74, 6) is -0.862. The van der Waals surface area contributed by atoms with Crippen molar-refractivity contribution in [1.82, 2.24) is 0 Å². The molecule has 0 N–H and O–H groups in total. The molecular weight excluding hydrogens is 745 g/mol. The van der Waals surface area contributed by atoms with Crippen LogP contribution in [0.3, 0.4) is 0 Å². The van der Waals surface area contributed by atoms with Crippen molar-refractivity contribution in [2.75, 3.05) is 13.2 Å². The number of carbonyl (C=O) groups is 3. The Morgan fingerprint density at radius 1 is 0.317 bits per heavy atom. The molecule has 0 aromatic carbocycles. The van der Waals surface area contributed by atoms with E-state index in [1.54, 1.807) is 0 Å². The average molecular weight is 847 g/mol. The van der Waals surface area contributed by atoms with Crippen molar-refractivity contribution >= 4 is 17.9 Å². The zero-order chi connectivity index (χ0) is 43.7. The Hall–Kier alpha value is -1.85. The van der Waals surface area contributed by atoms with Crippen LogP contribution in [0, 0.1) is 0 Å². The number of hydrogen-bond acceptors (Lipinski definition) is 6. The van der Waals surface area contributed by atoms with Crippen LogP contribution in [0.1, 0.15) is 297 Å². The number of carbonyl (C=O) groups excluding carboxylic acids is 3. The fourth-order valence-corrected chi connectivity index (χ4v) is 7.97. The Morgan fingerprint density at radius 3 is 0.833 bits per heavy atom. The minimum atomic E-state index is -0.767. The molecule has 0 saturated carbocycles. The third-order valence-electron chi connectivity index (χ3n) is 12.0. The molecule has 0 amide bonds. The summed E-state index contributed by atoms with van der Waals surface area (Å²) in [6.45, 7) is 6.64. The highest BCUT2D eigenvalue weighted by atomic mass is 16.6. The van der Waals surface area contributed by atoms with Crippen LogP contribution in [0.15, 0.2) is 12.2 Å². The second-order valence-electron chi connectivity index (χ2n) is 18.2. The summed E-state index contributed by atoms with van der Waals surface area (Å²) < 4.78 is 16.8. The molecule has 0 aromatic rings. The summed E-state index contributed by atoms with van der Waals surface area (Å²) in [5, 5.41) is 0. The first-order chi connectivity index (χ1) is 29.5. The molecule has 0 fully saturated rings. The van der Waals surface area contributed by atoms with E-state index in [1.807, 2.05) is 0 Å². The van der Waals surface area contributed by atoms with Gasteiger partial charge in [0.25, 0.3) is 0 Å². The van der Waals surface area contributed by atoms with Crippen molar-refractivity contribution < 1.29 is 28.6 Å². The predicted octanol–water partition coefficient (Wildman–Crippen LogP) is 17.4. The zero-order valence-corrected chi connectivity index (χ0v) is 40.5. The number of ether oxygens (including phenoxy) is 3. The lowest BCUT2D eigenvalue weighted by Crippen LogP contribution is -2.30. The fourth-order valence-electron chi connectivity index (χ4n) is 7.97. The standard InChI is InChI=1S/C54H102O6/c1-4-7-10-13-16-19-21-23-25-26-27-28-29-31-32-35-38-41-44-47-53(56)59-50-51(49-58-52(55)46-43-40-37-34-18-15-12-9-6-3)60-54(57)48-45-42-39-36-33-30-24-22-20-17-14-11-8-5-2/h22,24,51H,4-21,23,25-50H2,1-3H3/b24-22-. The fraction of sp³-hybridized carbons (Fsp3) is 0.907. The van der Waals surface area contributed by atoms with Crippen molar-refractivity contribution in [2.45, 2.75) is 303 Å².